The van der Waals surface area contributed by atoms with Gasteiger partial charge in [-0.15, -0.1) is 0 Å². The Bertz CT molecular complexity index is 452. The maximum absolute atomic E-state index is 11.8. The maximum Gasteiger partial charge on any atom is 0.252 e. The number of primary amides is 1. The van der Waals surface area contributed by atoms with Crippen molar-refractivity contribution in [1.82, 2.24) is 5.32 Å². The molecule has 1 rings (SSSR count). The van der Waals surface area contributed by atoms with Gasteiger partial charge in [0.1, 0.15) is 0 Å². The second kappa shape index (κ2) is 7.58. The fraction of sp³-hybridized carbons (Fsp3) is 0.333. The summed E-state index contributed by atoms with van der Waals surface area (Å²) in [6.45, 7) is 0.523. The van der Waals surface area contributed by atoms with E-state index in [2.05, 4.69) is 27.9 Å². The maximum atomic E-state index is 11.8. The quantitative estimate of drug-likeness (QED) is 0.587. The fourth-order valence-corrected chi connectivity index (χ4v) is 2.15. The van der Waals surface area contributed by atoms with Crippen LogP contribution in [0.2, 0.25) is 5.02 Å². The summed E-state index contributed by atoms with van der Waals surface area (Å²) in [5, 5.41) is 3.32. The third-order valence-electron chi connectivity index (χ3n) is 2.31. The number of nitrogens with one attached hydrogen (secondary N) is 1. The highest BCUT2D eigenvalue weighted by molar-refractivity contribution is 14.1. The zero-order chi connectivity index (χ0) is 13.5. The normalized spacial score (nSPS) is 10.1. The van der Waals surface area contributed by atoms with E-state index in [0.717, 1.165) is 9.99 Å². The first-order valence-corrected chi connectivity index (χ1v) is 6.98. The van der Waals surface area contributed by atoms with Crippen molar-refractivity contribution in [2.45, 2.75) is 19.3 Å². The molecule has 1 aromatic rings. The molecule has 1 aromatic carbocycles. The number of halogens is 2. The first-order valence-electron chi connectivity index (χ1n) is 5.52. The highest BCUT2D eigenvalue weighted by Crippen LogP contribution is 2.17. The van der Waals surface area contributed by atoms with Crippen molar-refractivity contribution in [3.05, 3.63) is 32.4 Å². The van der Waals surface area contributed by atoms with Gasteiger partial charge in [-0.1, -0.05) is 11.6 Å². The molecular formula is C12H14ClIN2O2. The van der Waals surface area contributed by atoms with E-state index in [1.54, 1.807) is 18.2 Å². The molecule has 3 N–H and O–H groups in total. The van der Waals surface area contributed by atoms with Crippen molar-refractivity contribution in [3.8, 4) is 0 Å². The van der Waals surface area contributed by atoms with Crippen molar-refractivity contribution in [3.63, 3.8) is 0 Å². The number of carbonyl (C=O) groups is 2. The molecule has 0 heterocycles. The lowest BCUT2D eigenvalue weighted by Gasteiger charge is -2.07. The van der Waals surface area contributed by atoms with Crippen LogP contribution in [0.4, 0.5) is 0 Å². The van der Waals surface area contributed by atoms with Gasteiger partial charge >= 0.3 is 0 Å². The van der Waals surface area contributed by atoms with Crippen LogP contribution in [0.15, 0.2) is 18.2 Å². The van der Waals surface area contributed by atoms with Crippen molar-refractivity contribution in [2.24, 2.45) is 5.73 Å². The van der Waals surface area contributed by atoms with E-state index in [0.29, 0.717) is 30.0 Å². The number of hydrogen-bond donors (Lipinski definition) is 2. The van der Waals surface area contributed by atoms with E-state index in [-0.39, 0.29) is 11.8 Å². The molecule has 18 heavy (non-hydrogen) atoms. The molecule has 0 fully saturated rings. The first-order chi connectivity index (χ1) is 8.50. The molecule has 0 aromatic heterocycles. The highest BCUT2D eigenvalue weighted by Gasteiger charge is 2.09. The molecule has 0 spiro atoms. The number of carbonyl (C=O) groups excluding carboxylic acids is 2. The second-order valence-electron chi connectivity index (χ2n) is 3.80. The Kier molecular flexibility index (Phi) is 6.42. The van der Waals surface area contributed by atoms with Crippen LogP contribution in [0, 0.1) is 3.57 Å². The van der Waals surface area contributed by atoms with Gasteiger partial charge in [0.15, 0.2) is 0 Å². The Labute approximate surface area is 124 Å². The standard InChI is InChI=1S/C12H14ClIN2O2/c13-8-4-5-10(14)9(7-8)12(18)16-6-2-1-3-11(15)17/h4-5,7H,1-3,6H2,(H2,15,17)(H,16,18). The average Bonchev–Trinajstić information content (AvgIpc) is 2.31. The van der Waals surface area contributed by atoms with Crippen LogP contribution in [-0.2, 0) is 4.79 Å². The number of nitrogens with two attached hydrogens (primary N) is 1. The van der Waals surface area contributed by atoms with Gasteiger partial charge in [0.05, 0.1) is 5.56 Å². The number of unbranched alkanes of at least 4 members (excludes halogenated alkanes) is 1. The summed E-state index contributed by atoms with van der Waals surface area (Å²) >= 11 is 7.93. The predicted molar refractivity (Wildman–Crippen MR) is 79.5 cm³/mol. The molecular weight excluding hydrogens is 367 g/mol. The molecule has 0 saturated heterocycles. The molecule has 0 aliphatic heterocycles. The van der Waals surface area contributed by atoms with Crippen molar-refractivity contribution >= 4 is 46.0 Å². The minimum atomic E-state index is -0.314. The molecule has 0 unspecified atom stereocenters. The lowest BCUT2D eigenvalue weighted by molar-refractivity contribution is -0.118. The lowest BCUT2D eigenvalue weighted by Crippen LogP contribution is -2.25. The van der Waals surface area contributed by atoms with Crippen molar-refractivity contribution < 1.29 is 9.59 Å². The molecule has 0 aliphatic rings. The van der Waals surface area contributed by atoms with Crippen LogP contribution in [0.25, 0.3) is 0 Å². The molecule has 98 valence electrons. The van der Waals surface area contributed by atoms with Gasteiger partial charge in [-0.2, -0.15) is 0 Å². The van der Waals surface area contributed by atoms with Gasteiger partial charge in [0, 0.05) is 21.6 Å². The predicted octanol–water partition coefficient (Wildman–Crippen LogP) is 2.33. The molecule has 0 atom stereocenters. The number of rotatable bonds is 6. The summed E-state index contributed by atoms with van der Waals surface area (Å²) in [5.74, 6) is -0.466. The molecule has 4 nitrogen and oxygen atoms in total. The zero-order valence-electron chi connectivity index (χ0n) is 9.71. The molecule has 0 saturated carbocycles. The third-order valence-corrected chi connectivity index (χ3v) is 3.48. The fourth-order valence-electron chi connectivity index (χ4n) is 1.39. The van der Waals surface area contributed by atoms with Gasteiger partial charge in [0.25, 0.3) is 5.91 Å². The summed E-state index contributed by atoms with van der Waals surface area (Å²) in [6, 6.07) is 5.18. The second-order valence-corrected chi connectivity index (χ2v) is 5.40. The van der Waals surface area contributed by atoms with E-state index in [1.807, 2.05) is 0 Å². The van der Waals surface area contributed by atoms with E-state index < -0.39 is 0 Å². The Balaban J connectivity index is 2.41. The minimum Gasteiger partial charge on any atom is -0.370 e. The first kappa shape index (κ1) is 15.2. The largest absolute Gasteiger partial charge is 0.370 e. The van der Waals surface area contributed by atoms with Crippen LogP contribution in [-0.4, -0.2) is 18.4 Å². The summed E-state index contributed by atoms with van der Waals surface area (Å²) in [7, 11) is 0. The smallest absolute Gasteiger partial charge is 0.252 e. The van der Waals surface area contributed by atoms with Gasteiger partial charge in [-0.05, 0) is 53.6 Å². The molecule has 2 amide bonds. The Hall–Kier alpha value is -0.820. The number of amides is 2. The Morgan fingerprint density at radius 3 is 2.72 bits per heavy atom. The van der Waals surface area contributed by atoms with Crippen molar-refractivity contribution in [2.75, 3.05) is 6.54 Å². The molecule has 0 aliphatic carbocycles. The summed E-state index contributed by atoms with van der Waals surface area (Å²) < 4.78 is 0.853. The van der Waals surface area contributed by atoms with Crippen LogP contribution in [0.5, 0.6) is 0 Å². The van der Waals surface area contributed by atoms with E-state index in [1.165, 1.54) is 0 Å². The topological polar surface area (TPSA) is 72.2 Å². The van der Waals surface area contributed by atoms with Crippen LogP contribution < -0.4 is 11.1 Å². The van der Waals surface area contributed by atoms with Crippen LogP contribution in [0.1, 0.15) is 29.6 Å². The summed E-state index contributed by atoms with van der Waals surface area (Å²) in [6.07, 6.45) is 1.76. The molecule has 6 heteroatoms. The lowest BCUT2D eigenvalue weighted by atomic mass is 10.2. The van der Waals surface area contributed by atoms with Crippen LogP contribution in [0.3, 0.4) is 0 Å². The van der Waals surface area contributed by atoms with E-state index >= 15 is 0 Å². The Morgan fingerprint density at radius 2 is 2.06 bits per heavy atom. The zero-order valence-corrected chi connectivity index (χ0v) is 12.6. The third kappa shape index (κ3) is 5.22. The molecule has 0 radical (unpaired) electrons. The highest BCUT2D eigenvalue weighted by atomic mass is 127. The molecule has 0 bridgehead atoms. The van der Waals surface area contributed by atoms with Gasteiger partial charge in [-0.3, -0.25) is 9.59 Å². The van der Waals surface area contributed by atoms with Gasteiger partial charge in [-0.25, -0.2) is 0 Å². The van der Waals surface area contributed by atoms with Crippen LogP contribution >= 0.6 is 34.2 Å². The van der Waals surface area contributed by atoms with Gasteiger partial charge in [0.2, 0.25) is 5.91 Å². The average molecular weight is 381 g/mol. The SMILES string of the molecule is NC(=O)CCCCNC(=O)c1cc(Cl)ccc1I. The monoisotopic (exact) mass is 380 g/mol. The summed E-state index contributed by atoms with van der Waals surface area (Å²) in [5.41, 5.74) is 5.59. The van der Waals surface area contributed by atoms with Gasteiger partial charge < -0.3 is 11.1 Å². The van der Waals surface area contributed by atoms with E-state index in [4.69, 9.17) is 17.3 Å². The van der Waals surface area contributed by atoms with E-state index in [9.17, 15) is 9.59 Å². The van der Waals surface area contributed by atoms with Crippen molar-refractivity contribution in [1.29, 1.82) is 0 Å². The Morgan fingerprint density at radius 1 is 1.33 bits per heavy atom. The summed E-state index contributed by atoms with van der Waals surface area (Å²) in [4.78, 5) is 22.4. The number of hydrogen-bond acceptors (Lipinski definition) is 2. The minimum absolute atomic E-state index is 0.152. The number of benzene rings is 1.